The molecule has 0 bridgehead atoms. The van der Waals surface area contributed by atoms with Crippen LogP contribution in [0.3, 0.4) is 0 Å². The van der Waals surface area contributed by atoms with E-state index < -0.39 is 4.92 Å². The molecular formula is C16H14N2O2. The van der Waals surface area contributed by atoms with Gasteiger partial charge < -0.3 is 0 Å². The van der Waals surface area contributed by atoms with E-state index in [4.69, 9.17) is 0 Å². The van der Waals surface area contributed by atoms with E-state index in [-0.39, 0.29) is 5.69 Å². The second-order valence-corrected chi connectivity index (χ2v) is 4.24. The van der Waals surface area contributed by atoms with Crippen LogP contribution in [-0.4, -0.2) is 11.1 Å². The highest BCUT2D eigenvalue weighted by molar-refractivity contribution is 5.82. The molecule has 0 spiro atoms. The molecule has 0 aliphatic carbocycles. The molecule has 0 N–H and O–H groups in total. The molecule has 2 aromatic carbocycles. The van der Waals surface area contributed by atoms with Crippen LogP contribution in [0.4, 0.5) is 11.4 Å². The van der Waals surface area contributed by atoms with E-state index in [1.165, 1.54) is 6.07 Å². The lowest BCUT2D eigenvalue weighted by atomic mass is 10.1. The number of rotatable bonds is 4. The molecule has 0 amide bonds. The van der Waals surface area contributed by atoms with Gasteiger partial charge in [-0.25, -0.2) is 0 Å². The average Bonchev–Trinajstić information content (AvgIpc) is 2.45. The molecule has 0 fully saturated rings. The van der Waals surface area contributed by atoms with Gasteiger partial charge in [0.1, 0.15) is 0 Å². The van der Waals surface area contributed by atoms with Crippen molar-refractivity contribution in [1.82, 2.24) is 0 Å². The maximum atomic E-state index is 10.9. The fourth-order valence-corrected chi connectivity index (χ4v) is 1.77. The smallest absolute Gasteiger partial charge is 0.258 e. The van der Waals surface area contributed by atoms with Gasteiger partial charge in [-0.05, 0) is 36.8 Å². The summed E-state index contributed by atoms with van der Waals surface area (Å²) in [5.74, 6) is 0. The van der Waals surface area contributed by atoms with Gasteiger partial charge in [0.25, 0.3) is 5.69 Å². The maximum absolute atomic E-state index is 10.9. The Labute approximate surface area is 117 Å². The van der Waals surface area contributed by atoms with Crippen LogP contribution in [0.5, 0.6) is 0 Å². The number of benzene rings is 2. The molecule has 4 heteroatoms. The number of aliphatic imine (C=N–C) groups is 1. The largest absolute Gasteiger partial charge is 0.276 e. The van der Waals surface area contributed by atoms with Gasteiger partial charge in [-0.3, -0.25) is 15.1 Å². The summed E-state index contributed by atoms with van der Waals surface area (Å²) in [6.45, 7) is 1.98. The molecule has 0 atom stereocenters. The van der Waals surface area contributed by atoms with Crippen LogP contribution in [0.25, 0.3) is 6.08 Å². The number of nitrogens with zero attached hydrogens (tertiary/aromatic N) is 2. The Morgan fingerprint density at radius 1 is 1.10 bits per heavy atom. The quantitative estimate of drug-likeness (QED) is 0.470. The topological polar surface area (TPSA) is 55.5 Å². The number of hydrogen-bond acceptors (Lipinski definition) is 3. The minimum Gasteiger partial charge on any atom is -0.258 e. The van der Waals surface area contributed by atoms with Gasteiger partial charge in [0.2, 0.25) is 0 Å². The summed E-state index contributed by atoms with van der Waals surface area (Å²) in [7, 11) is 0. The first kappa shape index (κ1) is 13.7. The number of aryl methyl sites for hydroxylation is 1. The highest BCUT2D eigenvalue weighted by Crippen LogP contribution is 2.19. The zero-order valence-corrected chi connectivity index (χ0v) is 11.1. The standard InChI is InChI=1S/C16H14N2O2/c1-13-7-2-4-10-15(13)17-12-6-9-14-8-3-5-11-16(14)18(19)20/h2-12H,1H3/b9-6+,17-12?. The van der Waals surface area contributed by atoms with Gasteiger partial charge in [-0.1, -0.05) is 30.3 Å². The summed E-state index contributed by atoms with van der Waals surface area (Å²) in [6.07, 6.45) is 5.02. The Morgan fingerprint density at radius 2 is 1.80 bits per heavy atom. The van der Waals surface area contributed by atoms with Crippen LogP contribution in [0.1, 0.15) is 11.1 Å². The molecule has 2 rings (SSSR count). The molecule has 0 aliphatic heterocycles. The number of nitro groups is 1. The lowest BCUT2D eigenvalue weighted by molar-refractivity contribution is -0.385. The van der Waals surface area contributed by atoms with Crippen LogP contribution in [0.15, 0.2) is 59.6 Å². The van der Waals surface area contributed by atoms with E-state index in [1.807, 2.05) is 31.2 Å². The number of para-hydroxylation sites is 2. The second kappa shape index (κ2) is 6.43. The zero-order chi connectivity index (χ0) is 14.4. The summed E-state index contributed by atoms with van der Waals surface area (Å²) in [5.41, 5.74) is 2.63. The fourth-order valence-electron chi connectivity index (χ4n) is 1.77. The molecule has 0 aliphatic rings. The van der Waals surface area contributed by atoms with Crippen LogP contribution in [0.2, 0.25) is 0 Å². The van der Waals surface area contributed by atoms with Crippen molar-refractivity contribution >= 4 is 23.7 Å². The van der Waals surface area contributed by atoms with Gasteiger partial charge in [-0.2, -0.15) is 0 Å². The van der Waals surface area contributed by atoms with Gasteiger partial charge in [-0.15, -0.1) is 0 Å². The number of nitro benzene ring substituents is 1. The summed E-state index contributed by atoms with van der Waals surface area (Å²) in [6, 6.07) is 14.4. The summed E-state index contributed by atoms with van der Waals surface area (Å²) >= 11 is 0. The first-order chi connectivity index (χ1) is 9.68. The van der Waals surface area contributed by atoms with Crippen LogP contribution in [0, 0.1) is 17.0 Å². The van der Waals surface area contributed by atoms with Crippen LogP contribution in [-0.2, 0) is 0 Å². The average molecular weight is 266 g/mol. The Hall–Kier alpha value is -2.75. The van der Waals surface area contributed by atoms with Gasteiger partial charge in [0.15, 0.2) is 0 Å². The zero-order valence-electron chi connectivity index (χ0n) is 11.1. The van der Waals surface area contributed by atoms with Crippen molar-refractivity contribution < 1.29 is 4.92 Å². The van der Waals surface area contributed by atoms with E-state index >= 15 is 0 Å². The van der Waals surface area contributed by atoms with Gasteiger partial charge in [0, 0.05) is 12.3 Å². The molecule has 0 aromatic heterocycles. The number of hydrogen-bond donors (Lipinski definition) is 0. The maximum Gasteiger partial charge on any atom is 0.276 e. The van der Waals surface area contributed by atoms with Crippen molar-refractivity contribution in [2.45, 2.75) is 6.92 Å². The summed E-state index contributed by atoms with van der Waals surface area (Å²) in [4.78, 5) is 14.8. The molecule has 20 heavy (non-hydrogen) atoms. The molecule has 0 heterocycles. The minimum atomic E-state index is -0.391. The Kier molecular flexibility index (Phi) is 4.39. The molecule has 100 valence electrons. The predicted molar refractivity (Wildman–Crippen MR) is 81.5 cm³/mol. The molecule has 2 aromatic rings. The van der Waals surface area contributed by atoms with Crippen LogP contribution >= 0.6 is 0 Å². The SMILES string of the molecule is Cc1ccccc1N=C/C=C/c1ccccc1[N+](=O)[O-]. The minimum absolute atomic E-state index is 0.0908. The van der Waals surface area contributed by atoms with Crippen molar-refractivity contribution in [3.8, 4) is 0 Å². The predicted octanol–water partition coefficient (Wildman–Crippen LogP) is 4.32. The molecule has 0 saturated heterocycles. The van der Waals surface area contributed by atoms with Crippen molar-refractivity contribution in [3.63, 3.8) is 0 Å². The Bertz CT molecular complexity index is 676. The third-order valence-corrected chi connectivity index (χ3v) is 2.82. The lowest BCUT2D eigenvalue weighted by Crippen LogP contribution is -1.90. The molecule has 0 saturated carbocycles. The van der Waals surface area contributed by atoms with Crippen LogP contribution < -0.4 is 0 Å². The Balaban J connectivity index is 2.15. The first-order valence-electron chi connectivity index (χ1n) is 6.18. The van der Waals surface area contributed by atoms with E-state index in [0.29, 0.717) is 5.56 Å². The highest BCUT2D eigenvalue weighted by atomic mass is 16.6. The molecule has 0 unspecified atom stereocenters. The lowest BCUT2D eigenvalue weighted by Gasteiger charge is -1.97. The number of allylic oxidation sites excluding steroid dienone is 1. The van der Waals surface area contributed by atoms with Crippen molar-refractivity contribution in [1.29, 1.82) is 0 Å². The molecule has 4 nitrogen and oxygen atoms in total. The fraction of sp³-hybridized carbons (Fsp3) is 0.0625. The second-order valence-electron chi connectivity index (χ2n) is 4.24. The Morgan fingerprint density at radius 3 is 2.55 bits per heavy atom. The summed E-state index contributed by atoms with van der Waals surface area (Å²) < 4.78 is 0. The normalized spacial score (nSPS) is 11.2. The van der Waals surface area contributed by atoms with E-state index in [1.54, 1.807) is 36.6 Å². The third kappa shape index (κ3) is 3.38. The van der Waals surface area contributed by atoms with E-state index in [9.17, 15) is 10.1 Å². The molecular weight excluding hydrogens is 252 g/mol. The van der Waals surface area contributed by atoms with Crippen molar-refractivity contribution in [2.24, 2.45) is 4.99 Å². The van der Waals surface area contributed by atoms with Crippen molar-refractivity contribution in [3.05, 3.63) is 75.8 Å². The first-order valence-corrected chi connectivity index (χ1v) is 6.18. The van der Waals surface area contributed by atoms with Gasteiger partial charge >= 0.3 is 0 Å². The van der Waals surface area contributed by atoms with E-state index in [0.717, 1.165) is 11.3 Å². The highest BCUT2D eigenvalue weighted by Gasteiger charge is 2.08. The monoisotopic (exact) mass is 266 g/mol. The van der Waals surface area contributed by atoms with Gasteiger partial charge in [0.05, 0.1) is 16.2 Å². The third-order valence-electron chi connectivity index (χ3n) is 2.82. The summed E-state index contributed by atoms with van der Waals surface area (Å²) in [5, 5.41) is 10.9. The van der Waals surface area contributed by atoms with Crippen molar-refractivity contribution in [2.75, 3.05) is 0 Å². The van der Waals surface area contributed by atoms with E-state index in [2.05, 4.69) is 4.99 Å². The molecule has 0 radical (unpaired) electrons.